The highest BCUT2D eigenvalue weighted by molar-refractivity contribution is 5.90. The molecule has 4 rings (SSSR count). The molecule has 2 heterocycles. The SMILES string of the molecule is C[C@@H](OC(=O)/C=C/c1ccc2c(c1)OCCO2)C(=O)N1CCc2ccccc2C1. The number of benzene rings is 2. The number of hydrogen-bond donors (Lipinski definition) is 0. The molecular weight excluding hydrogens is 370 g/mol. The third-order valence-corrected chi connectivity index (χ3v) is 5.06. The van der Waals surface area contributed by atoms with E-state index < -0.39 is 12.1 Å². The van der Waals surface area contributed by atoms with Gasteiger partial charge < -0.3 is 19.1 Å². The lowest BCUT2D eigenvalue weighted by molar-refractivity contribution is -0.155. The van der Waals surface area contributed by atoms with Gasteiger partial charge in [0.25, 0.3) is 5.91 Å². The molecule has 0 radical (unpaired) electrons. The second-order valence-electron chi connectivity index (χ2n) is 7.09. The van der Waals surface area contributed by atoms with E-state index in [1.54, 1.807) is 30.0 Å². The molecular formula is C23H23NO5. The van der Waals surface area contributed by atoms with E-state index in [-0.39, 0.29) is 5.91 Å². The summed E-state index contributed by atoms with van der Waals surface area (Å²) in [6.45, 7) is 3.82. The monoisotopic (exact) mass is 393 g/mol. The van der Waals surface area contributed by atoms with Crippen molar-refractivity contribution in [2.75, 3.05) is 19.8 Å². The van der Waals surface area contributed by atoms with Crippen molar-refractivity contribution in [3.63, 3.8) is 0 Å². The maximum atomic E-state index is 12.7. The summed E-state index contributed by atoms with van der Waals surface area (Å²) in [5.41, 5.74) is 3.20. The molecule has 0 N–H and O–H groups in total. The molecule has 0 unspecified atom stereocenters. The molecule has 0 fully saturated rings. The van der Waals surface area contributed by atoms with Crippen LogP contribution in [0.3, 0.4) is 0 Å². The Morgan fingerprint density at radius 1 is 1.07 bits per heavy atom. The van der Waals surface area contributed by atoms with Crippen molar-refractivity contribution < 1.29 is 23.8 Å². The van der Waals surface area contributed by atoms with Crippen LogP contribution in [0.1, 0.15) is 23.6 Å². The molecule has 6 nitrogen and oxygen atoms in total. The summed E-state index contributed by atoms with van der Waals surface area (Å²) in [5.74, 6) is 0.609. The molecule has 1 amide bonds. The molecule has 0 bridgehead atoms. The van der Waals surface area contributed by atoms with Crippen LogP contribution in [0.15, 0.2) is 48.5 Å². The Hall–Kier alpha value is -3.28. The summed E-state index contributed by atoms with van der Waals surface area (Å²) in [7, 11) is 0. The second-order valence-corrected chi connectivity index (χ2v) is 7.09. The first-order chi connectivity index (χ1) is 14.1. The van der Waals surface area contributed by atoms with E-state index in [4.69, 9.17) is 14.2 Å². The van der Waals surface area contributed by atoms with Crippen LogP contribution >= 0.6 is 0 Å². The predicted molar refractivity (Wildman–Crippen MR) is 108 cm³/mol. The van der Waals surface area contributed by atoms with Crippen molar-refractivity contribution in [1.29, 1.82) is 0 Å². The molecule has 1 atom stereocenters. The van der Waals surface area contributed by atoms with Crippen LogP contribution in [0.5, 0.6) is 11.5 Å². The number of amides is 1. The Bertz CT molecular complexity index is 952. The van der Waals surface area contributed by atoms with Crippen LogP contribution in [0.25, 0.3) is 6.08 Å². The molecule has 0 aromatic heterocycles. The fourth-order valence-corrected chi connectivity index (χ4v) is 3.53. The third kappa shape index (κ3) is 4.42. The minimum Gasteiger partial charge on any atom is -0.486 e. The Kier molecular flexibility index (Phi) is 5.51. The summed E-state index contributed by atoms with van der Waals surface area (Å²) in [6.07, 6.45) is 2.93. The Labute approximate surface area is 169 Å². The average molecular weight is 393 g/mol. The minimum absolute atomic E-state index is 0.180. The molecule has 2 aliphatic rings. The topological polar surface area (TPSA) is 65.1 Å². The van der Waals surface area contributed by atoms with Crippen molar-refractivity contribution >= 4 is 18.0 Å². The average Bonchev–Trinajstić information content (AvgIpc) is 2.76. The zero-order valence-corrected chi connectivity index (χ0v) is 16.3. The standard InChI is InChI=1S/C23H23NO5/c1-16(23(26)24-11-10-18-4-2-3-5-19(18)15-24)29-22(25)9-7-17-6-8-20-21(14-17)28-13-12-27-20/h2-9,14,16H,10-13,15H2,1H3/b9-7+/t16-/m1/s1. The molecule has 2 aliphatic heterocycles. The number of carbonyl (C=O) groups is 2. The van der Waals surface area contributed by atoms with Gasteiger partial charge in [-0.2, -0.15) is 0 Å². The lowest BCUT2D eigenvalue weighted by atomic mass is 9.99. The zero-order chi connectivity index (χ0) is 20.2. The molecule has 0 saturated heterocycles. The lowest BCUT2D eigenvalue weighted by Crippen LogP contribution is -2.42. The van der Waals surface area contributed by atoms with Crippen molar-refractivity contribution in [3.8, 4) is 11.5 Å². The summed E-state index contributed by atoms with van der Waals surface area (Å²) in [4.78, 5) is 26.6. The molecule has 6 heteroatoms. The number of hydrogen-bond acceptors (Lipinski definition) is 5. The van der Waals surface area contributed by atoms with E-state index in [0.29, 0.717) is 37.8 Å². The van der Waals surface area contributed by atoms with Gasteiger partial charge in [0.15, 0.2) is 17.6 Å². The second kappa shape index (κ2) is 8.39. The van der Waals surface area contributed by atoms with Crippen LogP contribution in [0, 0.1) is 0 Å². The first-order valence-electron chi connectivity index (χ1n) is 9.74. The number of nitrogens with zero attached hydrogens (tertiary/aromatic N) is 1. The van der Waals surface area contributed by atoms with Crippen molar-refractivity contribution in [3.05, 3.63) is 65.2 Å². The van der Waals surface area contributed by atoms with E-state index in [9.17, 15) is 9.59 Å². The Morgan fingerprint density at radius 3 is 2.66 bits per heavy atom. The van der Waals surface area contributed by atoms with Gasteiger partial charge >= 0.3 is 5.97 Å². The summed E-state index contributed by atoms with van der Waals surface area (Å²) < 4.78 is 16.3. The van der Waals surface area contributed by atoms with E-state index in [1.165, 1.54) is 11.6 Å². The van der Waals surface area contributed by atoms with Gasteiger partial charge in [-0.1, -0.05) is 30.3 Å². The lowest BCUT2D eigenvalue weighted by Gasteiger charge is -2.30. The first kappa shape index (κ1) is 19.1. The minimum atomic E-state index is -0.835. The fourth-order valence-electron chi connectivity index (χ4n) is 3.53. The van der Waals surface area contributed by atoms with Gasteiger partial charge in [-0.3, -0.25) is 4.79 Å². The van der Waals surface area contributed by atoms with Gasteiger partial charge in [0, 0.05) is 19.2 Å². The Balaban J connectivity index is 1.33. The number of rotatable bonds is 4. The summed E-state index contributed by atoms with van der Waals surface area (Å²) in [6, 6.07) is 13.5. The summed E-state index contributed by atoms with van der Waals surface area (Å²) in [5, 5.41) is 0. The largest absolute Gasteiger partial charge is 0.486 e. The maximum Gasteiger partial charge on any atom is 0.331 e. The number of ether oxygens (including phenoxy) is 3. The van der Waals surface area contributed by atoms with E-state index >= 15 is 0 Å². The molecule has 0 aliphatic carbocycles. The number of fused-ring (bicyclic) bond motifs is 2. The highest BCUT2D eigenvalue weighted by atomic mass is 16.6. The molecule has 2 aromatic rings. The van der Waals surface area contributed by atoms with Gasteiger partial charge in [0.2, 0.25) is 0 Å². The number of esters is 1. The molecule has 150 valence electrons. The van der Waals surface area contributed by atoms with Crippen LogP contribution in [-0.2, 0) is 27.3 Å². The highest BCUT2D eigenvalue weighted by Gasteiger charge is 2.26. The highest BCUT2D eigenvalue weighted by Crippen LogP contribution is 2.31. The normalized spacial score (nSPS) is 16.2. The van der Waals surface area contributed by atoms with Crippen LogP contribution in [0.2, 0.25) is 0 Å². The van der Waals surface area contributed by atoms with Gasteiger partial charge in [-0.05, 0) is 48.2 Å². The van der Waals surface area contributed by atoms with Crippen LogP contribution < -0.4 is 9.47 Å². The molecule has 29 heavy (non-hydrogen) atoms. The van der Waals surface area contributed by atoms with Gasteiger partial charge in [0.1, 0.15) is 13.2 Å². The zero-order valence-electron chi connectivity index (χ0n) is 16.3. The predicted octanol–water partition coefficient (Wildman–Crippen LogP) is 2.99. The quantitative estimate of drug-likeness (QED) is 0.590. The van der Waals surface area contributed by atoms with E-state index in [2.05, 4.69) is 6.07 Å². The van der Waals surface area contributed by atoms with Gasteiger partial charge in [-0.15, -0.1) is 0 Å². The van der Waals surface area contributed by atoms with Gasteiger partial charge in [-0.25, -0.2) is 4.79 Å². The van der Waals surface area contributed by atoms with Crippen molar-refractivity contribution in [1.82, 2.24) is 4.90 Å². The molecule has 2 aromatic carbocycles. The van der Waals surface area contributed by atoms with Crippen LogP contribution in [0.4, 0.5) is 0 Å². The third-order valence-electron chi connectivity index (χ3n) is 5.06. The Morgan fingerprint density at radius 2 is 1.83 bits per heavy atom. The van der Waals surface area contributed by atoms with E-state index in [1.807, 2.05) is 24.3 Å². The van der Waals surface area contributed by atoms with Crippen molar-refractivity contribution in [2.45, 2.75) is 26.0 Å². The van der Waals surface area contributed by atoms with Crippen molar-refractivity contribution in [2.24, 2.45) is 0 Å². The number of carbonyl (C=O) groups excluding carboxylic acids is 2. The maximum absolute atomic E-state index is 12.7. The first-order valence-corrected chi connectivity index (χ1v) is 9.74. The smallest absolute Gasteiger partial charge is 0.331 e. The fraction of sp³-hybridized carbons (Fsp3) is 0.304. The molecule has 0 saturated carbocycles. The van der Waals surface area contributed by atoms with Gasteiger partial charge in [0.05, 0.1) is 0 Å². The van der Waals surface area contributed by atoms with E-state index in [0.717, 1.165) is 17.5 Å². The summed E-state index contributed by atoms with van der Waals surface area (Å²) >= 11 is 0. The van der Waals surface area contributed by atoms with Crippen LogP contribution in [-0.4, -0.2) is 42.6 Å². The molecule has 0 spiro atoms.